The van der Waals surface area contributed by atoms with Crippen LogP contribution in [0, 0.1) is 0 Å². The fraction of sp³-hybridized carbons (Fsp3) is 0.143. The zero-order chi connectivity index (χ0) is 18.4. The second-order valence-electron chi connectivity index (χ2n) is 5.85. The van der Waals surface area contributed by atoms with Gasteiger partial charge in [0.05, 0.1) is 18.4 Å². The zero-order valence-corrected chi connectivity index (χ0v) is 14.4. The van der Waals surface area contributed by atoms with Crippen LogP contribution in [0.15, 0.2) is 77.4 Å². The minimum Gasteiger partial charge on any atom is -0.467 e. The molecule has 0 fully saturated rings. The average Bonchev–Trinajstić information content (AvgIpc) is 3.19. The van der Waals surface area contributed by atoms with Gasteiger partial charge < -0.3 is 14.1 Å². The topological polar surface area (TPSA) is 59.8 Å². The molecule has 0 radical (unpaired) electrons. The maximum atomic E-state index is 12.1. The van der Waals surface area contributed by atoms with E-state index in [1.54, 1.807) is 37.6 Å². The van der Waals surface area contributed by atoms with E-state index in [0.717, 1.165) is 11.1 Å². The maximum absolute atomic E-state index is 12.1. The molecule has 0 spiro atoms. The first-order valence-electron chi connectivity index (χ1n) is 8.22. The Morgan fingerprint density at radius 1 is 0.923 bits per heavy atom. The van der Waals surface area contributed by atoms with Crippen molar-refractivity contribution in [3.63, 3.8) is 0 Å². The molecule has 0 saturated heterocycles. The summed E-state index contributed by atoms with van der Waals surface area (Å²) in [6.45, 7) is 0.0195. The van der Waals surface area contributed by atoms with Crippen LogP contribution in [0.4, 0.5) is 0 Å². The van der Waals surface area contributed by atoms with E-state index in [4.69, 9.17) is 9.15 Å². The molecular formula is C21H19NO4. The monoisotopic (exact) mass is 349 g/mol. The van der Waals surface area contributed by atoms with Crippen LogP contribution >= 0.6 is 0 Å². The van der Waals surface area contributed by atoms with Crippen LogP contribution in [0.1, 0.15) is 16.1 Å². The van der Waals surface area contributed by atoms with E-state index >= 15 is 0 Å². The van der Waals surface area contributed by atoms with Gasteiger partial charge in [0.25, 0.3) is 5.91 Å². The van der Waals surface area contributed by atoms with Crippen LogP contribution in [-0.4, -0.2) is 30.4 Å². The first kappa shape index (κ1) is 17.5. The van der Waals surface area contributed by atoms with Crippen molar-refractivity contribution in [1.29, 1.82) is 0 Å². The highest BCUT2D eigenvalue weighted by Gasteiger charge is 2.14. The number of carbonyl (C=O) groups excluding carboxylic acids is 2. The van der Waals surface area contributed by atoms with Crippen LogP contribution in [0.3, 0.4) is 0 Å². The van der Waals surface area contributed by atoms with Gasteiger partial charge in [-0.3, -0.25) is 4.79 Å². The standard InChI is InChI=1S/C21H19NO4/c1-22(14-19-8-5-13-25-19)20(23)15-26-21(24)18-11-9-17(10-12-18)16-6-3-2-4-7-16/h2-13H,14-15H2,1H3. The fourth-order valence-corrected chi connectivity index (χ4v) is 2.47. The van der Waals surface area contributed by atoms with Crippen molar-refractivity contribution in [1.82, 2.24) is 4.90 Å². The summed E-state index contributed by atoms with van der Waals surface area (Å²) in [7, 11) is 1.63. The lowest BCUT2D eigenvalue weighted by Crippen LogP contribution is -2.30. The fourth-order valence-electron chi connectivity index (χ4n) is 2.47. The van der Waals surface area contributed by atoms with E-state index in [9.17, 15) is 9.59 Å². The van der Waals surface area contributed by atoms with Gasteiger partial charge in [0, 0.05) is 7.05 Å². The van der Waals surface area contributed by atoms with Gasteiger partial charge in [-0.15, -0.1) is 0 Å². The molecular weight excluding hydrogens is 330 g/mol. The molecule has 5 nitrogen and oxygen atoms in total. The van der Waals surface area contributed by atoms with E-state index in [1.165, 1.54) is 4.90 Å². The number of benzene rings is 2. The molecule has 132 valence electrons. The molecule has 0 saturated carbocycles. The third-order valence-electron chi connectivity index (χ3n) is 3.95. The first-order valence-corrected chi connectivity index (χ1v) is 8.22. The molecule has 0 N–H and O–H groups in total. The first-order chi connectivity index (χ1) is 12.6. The summed E-state index contributed by atoms with van der Waals surface area (Å²) >= 11 is 0. The molecule has 0 aliphatic carbocycles. The van der Waals surface area contributed by atoms with Crippen LogP contribution in [0.25, 0.3) is 11.1 Å². The smallest absolute Gasteiger partial charge is 0.338 e. The summed E-state index contributed by atoms with van der Waals surface area (Å²) in [6, 6.07) is 20.5. The van der Waals surface area contributed by atoms with Crippen LogP contribution < -0.4 is 0 Å². The molecule has 0 bridgehead atoms. The predicted octanol–water partition coefficient (Wildman–Crippen LogP) is 3.76. The second-order valence-corrected chi connectivity index (χ2v) is 5.85. The van der Waals surface area contributed by atoms with Gasteiger partial charge in [0.15, 0.2) is 6.61 Å². The normalized spacial score (nSPS) is 10.3. The summed E-state index contributed by atoms with van der Waals surface area (Å²) in [6.07, 6.45) is 1.55. The van der Waals surface area contributed by atoms with E-state index in [2.05, 4.69) is 0 Å². The number of rotatable bonds is 6. The van der Waals surface area contributed by atoms with Crippen molar-refractivity contribution in [2.45, 2.75) is 6.54 Å². The van der Waals surface area contributed by atoms with E-state index < -0.39 is 5.97 Å². The highest BCUT2D eigenvalue weighted by atomic mass is 16.5. The van der Waals surface area contributed by atoms with Crippen molar-refractivity contribution in [2.24, 2.45) is 0 Å². The number of hydrogen-bond donors (Lipinski definition) is 0. The number of ether oxygens (including phenoxy) is 1. The molecule has 1 amide bonds. The molecule has 0 aliphatic rings. The minimum absolute atomic E-state index is 0.296. The highest BCUT2D eigenvalue weighted by molar-refractivity contribution is 5.91. The molecule has 26 heavy (non-hydrogen) atoms. The third kappa shape index (κ3) is 4.39. The quantitative estimate of drug-likeness (QED) is 0.636. The Kier molecular flexibility index (Phi) is 5.49. The van der Waals surface area contributed by atoms with E-state index in [-0.39, 0.29) is 12.5 Å². The summed E-state index contributed by atoms with van der Waals surface area (Å²) in [5.74, 6) is -0.149. The predicted molar refractivity (Wildman–Crippen MR) is 97.3 cm³/mol. The Labute approximate surface area is 151 Å². The lowest BCUT2D eigenvalue weighted by atomic mass is 10.0. The molecule has 5 heteroatoms. The Balaban J connectivity index is 1.54. The molecule has 2 aromatic carbocycles. The Hall–Kier alpha value is -3.34. The van der Waals surface area contributed by atoms with Crippen LogP contribution in [0.5, 0.6) is 0 Å². The lowest BCUT2D eigenvalue weighted by Gasteiger charge is -2.15. The van der Waals surface area contributed by atoms with Crippen molar-refractivity contribution in [2.75, 3.05) is 13.7 Å². The molecule has 1 aromatic heterocycles. The van der Waals surface area contributed by atoms with Gasteiger partial charge in [-0.2, -0.15) is 0 Å². The van der Waals surface area contributed by atoms with Crippen molar-refractivity contribution in [3.8, 4) is 11.1 Å². The van der Waals surface area contributed by atoms with Crippen molar-refractivity contribution in [3.05, 3.63) is 84.3 Å². The summed E-state index contributed by atoms with van der Waals surface area (Å²) in [4.78, 5) is 25.6. The van der Waals surface area contributed by atoms with E-state index in [1.807, 2.05) is 42.5 Å². The van der Waals surface area contributed by atoms with Gasteiger partial charge in [0.1, 0.15) is 5.76 Å². The molecule has 0 atom stereocenters. The number of furan rings is 1. The molecule has 3 aromatic rings. The summed E-state index contributed by atoms with van der Waals surface area (Å²) < 4.78 is 10.3. The number of amides is 1. The zero-order valence-electron chi connectivity index (χ0n) is 14.4. The largest absolute Gasteiger partial charge is 0.467 e. The number of likely N-dealkylation sites (N-methyl/N-ethyl adjacent to an activating group) is 1. The highest BCUT2D eigenvalue weighted by Crippen LogP contribution is 2.19. The van der Waals surface area contributed by atoms with Gasteiger partial charge in [-0.1, -0.05) is 42.5 Å². The van der Waals surface area contributed by atoms with Gasteiger partial charge >= 0.3 is 5.97 Å². The molecule has 1 heterocycles. The number of nitrogens with zero attached hydrogens (tertiary/aromatic N) is 1. The van der Waals surface area contributed by atoms with Crippen molar-refractivity contribution < 1.29 is 18.7 Å². The summed E-state index contributed by atoms with van der Waals surface area (Å²) in [5, 5.41) is 0. The molecule has 0 aliphatic heterocycles. The lowest BCUT2D eigenvalue weighted by molar-refractivity contribution is -0.133. The number of carbonyl (C=O) groups is 2. The number of esters is 1. The van der Waals surface area contributed by atoms with Crippen LogP contribution in [0.2, 0.25) is 0 Å². The van der Waals surface area contributed by atoms with E-state index in [0.29, 0.717) is 17.9 Å². The Morgan fingerprint density at radius 3 is 2.27 bits per heavy atom. The van der Waals surface area contributed by atoms with Gasteiger partial charge in [0.2, 0.25) is 0 Å². The van der Waals surface area contributed by atoms with Crippen molar-refractivity contribution >= 4 is 11.9 Å². The Bertz CT molecular complexity index is 855. The molecule has 0 unspecified atom stereocenters. The average molecular weight is 349 g/mol. The van der Waals surface area contributed by atoms with Gasteiger partial charge in [-0.05, 0) is 35.4 Å². The van der Waals surface area contributed by atoms with Gasteiger partial charge in [-0.25, -0.2) is 4.79 Å². The summed E-state index contributed by atoms with van der Waals surface area (Å²) in [5.41, 5.74) is 2.49. The maximum Gasteiger partial charge on any atom is 0.338 e. The SMILES string of the molecule is CN(Cc1ccco1)C(=O)COC(=O)c1ccc(-c2ccccc2)cc1. The third-order valence-corrected chi connectivity index (χ3v) is 3.95. The second kappa shape index (κ2) is 8.16. The van der Waals surface area contributed by atoms with Crippen LogP contribution in [-0.2, 0) is 16.1 Å². The Morgan fingerprint density at radius 2 is 1.62 bits per heavy atom. The number of hydrogen-bond acceptors (Lipinski definition) is 4. The minimum atomic E-state index is -0.524. The molecule has 3 rings (SSSR count).